The Morgan fingerprint density at radius 1 is 1.29 bits per heavy atom. The molecule has 1 aromatic rings. The molecule has 0 spiro atoms. The molecule has 1 aliphatic rings. The summed E-state index contributed by atoms with van der Waals surface area (Å²) in [7, 11) is 1.27. The average Bonchev–Trinajstić information content (AvgIpc) is 2.53. The number of carbonyl (C=O) groups is 2. The van der Waals surface area contributed by atoms with E-state index in [2.05, 4.69) is 20.3 Å². The van der Waals surface area contributed by atoms with Crippen molar-refractivity contribution in [2.45, 2.75) is 32.1 Å². The highest BCUT2D eigenvalue weighted by molar-refractivity contribution is 5.87. The number of rotatable bonds is 5. The summed E-state index contributed by atoms with van der Waals surface area (Å²) in [5.74, 6) is -0.869. The van der Waals surface area contributed by atoms with Gasteiger partial charge < -0.3 is 15.2 Å². The van der Waals surface area contributed by atoms with Crippen LogP contribution in [0.25, 0.3) is 0 Å². The number of esters is 1. The number of aliphatic carboxylic acids is 1. The van der Waals surface area contributed by atoms with E-state index < -0.39 is 17.4 Å². The number of nitrogens with zero attached hydrogens (tertiary/aromatic N) is 2. The van der Waals surface area contributed by atoms with Crippen molar-refractivity contribution in [2.24, 2.45) is 5.41 Å². The highest BCUT2D eigenvalue weighted by Gasteiger charge is 2.39. The second-order valence-corrected chi connectivity index (χ2v) is 5.30. The van der Waals surface area contributed by atoms with Gasteiger partial charge in [0, 0.05) is 6.54 Å². The summed E-state index contributed by atoms with van der Waals surface area (Å²) in [5.41, 5.74) is -0.616. The highest BCUT2D eigenvalue weighted by Crippen LogP contribution is 2.36. The summed E-state index contributed by atoms with van der Waals surface area (Å²) < 4.78 is 4.54. The van der Waals surface area contributed by atoms with Gasteiger partial charge in [-0.05, 0) is 25.0 Å². The van der Waals surface area contributed by atoms with Crippen LogP contribution in [0.4, 0.5) is 5.82 Å². The van der Waals surface area contributed by atoms with Gasteiger partial charge in [0.25, 0.3) is 0 Å². The lowest BCUT2D eigenvalue weighted by atomic mass is 9.74. The third-order valence-corrected chi connectivity index (χ3v) is 3.93. The number of aromatic nitrogens is 2. The summed E-state index contributed by atoms with van der Waals surface area (Å²) in [6.45, 7) is 0.314. The van der Waals surface area contributed by atoms with Crippen molar-refractivity contribution < 1.29 is 19.4 Å². The first-order chi connectivity index (χ1) is 10.1. The number of carboxylic acid groups (broad SMARTS) is 1. The van der Waals surface area contributed by atoms with Crippen molar-refractivity contribution >= 4 is 17.8 Å². The van der Waals surface area contributed by atoms with Crippen LogP contribution in [0.1, 0.15) is 42.6 Å². The van der Waals surface area contributed by atoms with E-state index in [1.807, 2.05) is 0 Å². The van der Waals surface area contributed by atoms with Crippen LogP contribution >= 0.6 is 0 Å². The molecular weight excluding hydrogens is 274 g/mol. The van der Waals surface area contributed by atoms with Crippen LogP contribution in [0.3, 0.4) is 0 Å². The minimum atomic E-state index is -0.770. The summed E-state index contributed by atoms with van der Waals surface area (Å²) >= 11 is 0. The van der Waals surface area contributed by atoms with Gasteiger partial charge >= 0.3 is 11.9 Å². The van der Waals surface area contributed by atoms with E-state index in [0.717, 1.165) is 19.3 Å². The zero-order valence-corrected chi connectivity index (χ0v) is 12.0. The molecule has 0 atom stereocenters. The number of hydrogen-bond donors (Lipinski definition) is 2. The molecule has 7 nitrogen and oxygen atoms in total. The Labute approximate surface area is 122 Å². The molecule has 0 bridgehead atoms. The second-order valence-electron chi connectivity index (χ2n) is 5.30. The van der Waals surface area contributed by atoms with E-state index in [4.69, 9.17) is 0 Å². The predicted octanol–water partition coefficient (Wildman–Crippen LogP) is 1.71. The molecule has 0 radical (unpaired) electrons. The van der Waals surface area contributed by atoms with Crippen LogP contribution in [0.2, 0.25) is 0 Å². The van der Waals surface area contributed by atoms with Gasteiger partial charge in [-0.1, -0.05) is 19.3 Å². The molecule has 1 heterocycles. The molecule has 1 aromatic heterocycles. The Hall–Kier alpha value is -2.18. The Kier molecular flexibility index (Phi) is 4.72. The Morgan fingerprint density at radius 3 is 2.52 bits per heavy atom. The largest absolute Gasteiger partial charge is 0.481 e. The quantitative estimate of drug-likeness (QED) is 0.797. The minimum Gasteiger partial charge on any atom is -0.481 e. The SMILES string of the molecule is COC(=O)c1ccc(NCC2(C(=O)O)CCCCC2)nn1. The number of methoxy groups -OCH3 is 1. The minimum absolute atomic E-state index is 0.119. The van der Waals surface area contributed by atoms with Crippen LogP contribution in [0.5, 0.6) is 0 Å². The number of hydrogen-bond acceptors (Lipinski definition) is 6. The summed E-state index contributed by atoms with van der Waals surface area (Å²) in [6, 6.07) is 3.09. The maximum absolute atomic E-state index is 11.5. The Bertz CT molecular complexity index is 509. The van der Waals surface area contributed by atoms with Crippen LogP contribution in [0, 0.1) is 5.41 Å². The molecule has 7 heteroatoms. The van der Waals surface area contributed by atoms with Crippen molar-refractivity contribution in [3.8, 4) is 0 Å². The van der Waals surface area contributed by atoms with Crippen molar-refractivity contribution in [1.82, 2.24) is 10.2 Å². The molecule has 0 aliphatic heterocycles. The van der Waals surface area contributed by atoms with Gasteiger partial charge in [-0.2, -0.15) is 0 Å². The molecule has 0 unspecified atom stereocenters. The van der Waals surface area contributed by atoms with Gasteiger partial charge in [0.05, 0.1) is 12.5 Å². The third kappa shape index (κ3) is 3.48. The molecule has 21 heavy (non-hydrogen) atoms. The van der Waals surface area contributed by atoms with Crippen molar-refractivity contribution in [2.75, 3.05) is 19.0 Å². The van der Waals surface area contributed by atoms with Crippen molar-refractivity contribution in [3.63, 3.8) is 0 Å². The monoisotopic (exact) mass is 293 g/mol. The van der Waals surface area contributed by atoms with Crippen LogP contribution in [-0.4, -0.2) is 40.9 Å². The lowest BCUT2D eigenvalue weighted by Gasteiger charge is -2.33. The molecule has 2 rings (SSSR count). The fraction of sp³-hybridized carbons (Fsp3) is 0.571. The standard InChI is InChI=1S/C14H19N3O4/c1-21-12(18)10-5-6-11(17-16-10)15-9-14(13(19)20)7-3-2-4-8-14/h5-6H,2-4,7-9H2,1H3,(H,15,17)(H,19,20). The van der Waals surface area contributed by atoms with Crippen LogP contribution < -0.4 is 5.32 Å². The van der Waals surface area contributed by atoms with E-state index >= 15 is 0 Å². The lowest BCUT2D eigenvalue weighted by Crippen LogP contribution is -2.39. The number of nitrogens with one attached hydrogen (secondary N) is 1. The fourth-order valence-electron chi connectivity index (χ4n) is 2.59. The van der Waals surface area contributed by atoms with Crippen LogP contribution in [-0.2, 0) is 9.53 Å². The van der Waals surface area contributed by atoms with Crippen LogP contribution in [0.15, 0.2) is 12.1 Å². The first kappa shape index (κ1) is 15.2. The van der Waals surface area contributed by atoms with Gasteiger partial charge in [-0.15, -0.1) is 10.2 Å². The number of carboxylic acids is 1. The van der Waals surface area contributed by atoms with E-state index in [1.165, 1.54) is 13.2 Å². The first-order valence-corrected chi connectivity index (χ1v) is 6.97. The smallest absolute Gasteiger partial charge is 0.358 e. The molecule has 1 aliphatic carbocycles. The third-order valence-electron chi connectivity index (χ3n) is 3.93. The summed E-state index contributed by atoms with van der Waals surface area (Å²) in [4.78, 5) is 22.8. The van der Waals surface area contributed by atoms with Gasteiger partial charge in [0.2, 0.25) is 0 Å². The number of carbonyl (C=O) groups excluding carboxylic acids is 1. The number of ether oxygens (including phenoxy) is 1. The zero-order valence-electron chi connectivity index (χ0n) is 12.0. The Balaban J connectivity index is 2.01. The lowest BCUT2D eigenvalue weighted by molar-refractivity contribution is -0.150. The average molecular weight is 293 g/mol. The zero-order chi connectivity index (χ0) is 15.3. The maximum atomic E-state index is 11.5. The van der Waals surface area contributed by atoms with E-state index in [9.17, 15) is 14.7 Å². The highest BCUT2D eigenvalue weighted by atomic mass is 16.5. The van der Waals surface area contributed by atoms with E-state index in [1.54, 1.807) is 6.07 Å². The molecule has 0 amide bonds. The first-order valence-electron chi connectivity index (χ1n) is 6.97. The molecule has 1 saturated carbocycles. The summed E-state index contributed by atoms with van der Waals surface area (Å²) in [6.07, 6.45) is 4.29. The van der Waals surface area contributed by atoms with Gasteiger partial charge in [-0.3, -0.25) is 4.79 Å². The van der Waals surface area contributed by atoms with Gasteiger partial charge in [-0.25, -0.2) is 4.79 Å². The molecule has 1 fully saturated rings. The molecule has 114 valence electrons. The molecule has 0 saturated heterocycles. The molecule has 0 aromatic carbocycles. The van der Waals surface area contributed by atoms with Gasteiger partial charge in [0.1, 0.15) is 5.82 Å². The predicted molar refractivity (Wildman–Crippen MR) is 75.0 cm³/mol. The topological polar surface area (TPSA) is 101 Å². The van der Waals surface area contributed by atoms with Crippen molar-refractivity contribution in [1.29, 1.82) is 0 Å². The second kappa shape index (κ2) is 6.51. The summed E-state index contributed by atoms with van der Waals surface area (Å²) in [5, 5.41) is 20.1. The van der Waals surface area contributed by atoms with E-state index in [-0.39, 0.29) is 5.69 Å². The fourth-order valence-corrected chi connectivity index (χ4v) is 2.59. The van der Waals surface area contributed by atoms with Crippen molar-refractivity contribution in [3.05, 3.63) is 17.8 Å². The normalized spacial score (nSPS) is 17.0. The Morgan fingerprint density at radius 2 is 2.00 bits per heavy atom. The molecular formula is C14H19N3O4. The van der Waals surface area contributed by atoms with E-state index in [0.29, 0.717) is 25.2 Å². The van der Waals surface area contributed by atoms with Gasteiger partial charge in [0.15, 0.2) is 5.69 Å². The number of anilines is 1. The molecule has 2 N–H and O–H groups in total. The maximum Gasteiger partial charge on any atom is 0.358 e.